The van der Waals surface area contributed by atoms with Gasteiger partial charge < -0.3 is 9.64 Å². The molecular weight excluding hydrogens is 374 g/mol. The van der Waals surface area contributed by atoms with Crippen LogP contribution in [0.5, 0.6) is 0 Å². The van der Waals surface area contributed by atoms with E-state index in [1.807, 2.05) is 60.8 Å². The number of hydrogen-bond donors (Lipinski definition) is 1. The van der Waals surface area contributed by atoms with E-state index in [9.17, 15) is 9.59 Å². The number of esters is 1. The largest absolute Gasteiger partial charge is 0.449 e. The van der Waals surface area contributed by atoms with Crippen molar-refractivity contribution in [3.05, 3.63) is 65.5 Å². The fraction of sp³-hybridized carbons (Fsp3) is 0.190. The Morgan fingerprint density at radius 1 is 1.11 bits per heavy atom. The van der Waals surface area contributed by atoms with Gasteiger partial charge in [0.2, 0.25) is 0 Å². The summed E-state index contributed by atoms with van der Waals surface area (Å²) >= 11 is 1.32. The number of aromatic nitrogens is 1. The minimum atomic E-state index is -0.945. The summed E-state index contributed by atoms with van der Waals surface area (Å²) in [6.07, 6.45) is -0.945. The van der Waals surface area contributed by atoms with Crippen LogP contribution in [0.3, 0.4) is 0 Å². The highest BCUT2D eigenvalue weighted by molar-refractivity contribution is 7.14. The van der Waals surface area contributed by atoms with Crippen molar-refractivity contribution >= 4 is 34.0 Å². The number of hydrogen-bond acceptors (Lipinski definition) is 6. The van der Waals surface area contributed by atoms with Crippen molar-refractivity contribution < 1.29 is 14.3 Å². The quantitative estimate of drug-likeness (QED) is 0.637. The molecule has 1 heterocycles. The molecule has 1 N–H and O–H groups in total. The van der Waals surface area contributed by atoms with Crippen molar-refractivity contribution in [1.29, 1.82) is 0 Å². The van der Waals surface area contributed by atoms with E-state index in [4.69, 9.17) is 4.74 Å². The Balaban J connectivity index is 1.61. The van der Waals surface area contributed by atoms with E-state index in [1.165, 1.54) is 18.3 Å². The number of benzene rings is 2. The summed E-state index contributed by atoms with van der Waals surface area (Å²) in [6.45, 7) is 1.54. The summed E-state index contributed by atoms with van der Waals surface area (Å²) in [6, 6.07) is 16.7. The van der Waals surface area contributed by atoms with Gasteiger partial charge >= 0.3 is 5.97 Å². The van der Waals surface area contributed by atoms with Crippen LogP contribution in [0.1, 0.15) is 17.3 Å². The van der Waals surface area contributed by atoms with Crippen molar-refractivity contribution in [3.8, 4) is 11.3 Å². The van der Waals surface area contributed by atoms with Gasteiger partial charge in [-0.3, -0.25) is 10.1 Å². The van der Waals surface area contributed by atoms with E-state index < -0.39 is 18.0 Å². The first-order valence-corrected chi connectivity index (χ1v) is 9.62. The molecule has 0 fully saturated rings. The number of nitrogens with one attached hydrogen (secondary N) is 1. The molecule has 144 valence electrons. The number of carbonyl (C=O) groups excluding carboxylic acids is 2. The SMILES string of the molecule is CC(OC(=O)c1cccc(N(C)C)c1)C(=O)Nc1nc(-c2ccccc2)cs1. The normalized spacial score (nSPS) is 11.5. The fourth-order valence-corrected chi connectivity index (χ4v) is 3.20. The third-order valence-electron chi connectivity index (χ3n) is 4.06. The van der Waals surface area contributed by atoms with Crippen molar-refractivity contribution in [3.63, 3.8) is 0 Å². The topological polar surface area (TPSA) is 71.5 Å². The first-order valence-electron chi connectivity index (χ1n) is 8.74. The summed E-state index contributed by atoms with van der Waals surface area (Å²) in [4.78, 5) is 31.0. The van der Waals surface area contributed by atoms with Crippen LogP contribution in [0.15, 0.2) is 60.0 Å². The van der Waals surface area contributed by atoms with E-state index in [-0.39, 0.29) is 0 Å². The Hall–Kier alpha value is -3.19. The van der Waals surface area contributed by atoms with E-state index in [0.29, 0.717) is 10.7 Å². The second kappa shape index (κ2) is 8.67. The van der Waals surface area contributed by atoms with E-state index in [0.717, 1.165) is 16.9 Å². The minimum Gasteiger partial charge on any atom is -0.449 e. The number of ether oxygens (including phenoxy) is 1. The van der Waals surface area contributed by atoms with Gasteiger partial charge in [-0.05, 0) is 25.1 Å². The Kier molecular flexibility index (Phi) is 6.06. The molecule has 0 saturated heterocycles. The van der Waals surface area contributed by atoms with Gasteiger partial charge in [-0.15, -0.1) is 11.3 Å². The van der Waals surface area contributed by atoms with Crippen LogP contribution < -0.4 is 10.2 Å². The standard InChI is InChI=1S/C21H21N3O3S/c1-14(27-20(26)16-10-7-11-17(12-16)24(2)3)19(25)23-21-22-18(13-28-21)15-8-5-4-6-9-15/h4-14H,1-3H3,(H,22,23,25). The lowest BCUT2D eigenvalue weighted by Crippen LogP contribution is -2.30. The van der Waals surface area contributed by atoms with Gasteiger partial charge in [0.25, 0.3) is 5.91 Å². The second-order valence-corrected chi connectivity index (χ2v) is 7.24. The Labute approximate surface area is 167 Å². The molecule has 3 aromatic rings. The smallest absolute Gasteiger partial charge is 0.338 e. The van der Waals surface area contributed by atoms with E-state index >= 15 is 0 Å². The fourth-order valence-electron chi connectivity index (χ4n) is 2.47. The molecule has 1 amide bonds. The predicted molar refractivity (Wildman–Crippen MR) is 112 cm³/mol. The van der Waals surface area contributed by atoms with Gasteiger partial charge in [0, 0.05) is 30.7 Å². The highest BCUT2D eigenvalue weighted by Gasteiger charge is 2.20. The van der Waals surface area contributed by atoms with Crippen LogP contribution in [0.4, 0.5) is 10.8 Å². The van der Waals surface area contributed by atoms with Gasteiger partial charge in [-0.1, -0.05) is 36.4 Å². The Bertz CT molecular complexity index is 970. The van der Waals surface area contributed by atoms with Crippen molar-refractivity contribution in [2.75, 3.05) is 24.3 Å². The third-order valence-corrected chi connectivity index (χ3v) is 4.81. The molecule has 7 heteroatoms. The zero-order chi connectivity index (χ0) is 20.1. The van der Waals surface area contributed by atoms with Crippen LogP contribution in [0.2, 0.25) is 0 Å². The molecule has 0 aliphatic carbocycles. The molecular formula is C21H21N3O3S. The summed E-state index contributed by atoms with van der Waals surface area (Å²) < 4.78 is 5.30. The number of anilines is 2. The minimum absolute atomic E-state index is 0.395. The molecule has 0 aliphatic heterocycles. The van der Waals surface area contributed by atoms with Crippen LogP contribution in [0, 0.1) is 0 Å². The van der Waals surface area contributed by atoms with Gasteiger partial charge in [0.1, 0.15) is 0 Å². The lowest BCUT2D eigenvalue weighted by atomic mass is 10.2. The first kappa shape index (κ1) is 19.6. The van der Waals surface area contributed by atoms with Crippen molar-refractivity contribution in [2.24, 2.45) is 0 Å². The number of thiazole rings is 1. The van der Waals surface area contributed by atoms with Crippen molar-refractivity contribution in [2.45, 2.75) is 13.0 Å². The van der Waals surface area contributed by atoms with E-state index in [2.05, 4.69) is 10.3 Å². The number of amides is 1. The van der Waals surface area contributed by atoms with E-state index in [1.54, 1.807) is 18.2 Å². The molecule has 1 atom stereocenters. The highest BCUT2D eigenvalue weighted by Crippen LogP contribution is 2.24. The van der Waals surface area contributed by atoms with Gasteiger partial charge in [-0.25, -0.2) is 9.78 Å². The predicted octanol–water partition coefficient (Wildman–Crippen LogP) is 4.06. The van der Waals surface area contributed by atoms with Crippen LogP contribution in [-0.4, -0.2) is 37.1 Å². The average Bonchev–Trinajstić information content (AvgIpc) is 3.17. The maximum absolute atomic E-state index is 12.4. The third kappa shape index (κ3) is 4.75. The zero-order valence-electron chi connectivity index (χ0n) is 15.9. The molecule has 1 aromatic heterocycles. The number of carbonyl (C=O) groups is 2. The molecule has 0 radical (unpaired) electrons. The average molecular weight is 395 g/mol. The lowest BCUT2D eigenvalue weighted by molar-refractivity contribution is -0.123. The van der Waals surface area contributed by atoms with Crippen LogP contribution >= 0.6 is 11.3 Å². The Morgan fingerprint density at radius 2 is 1.86 bits per heavy atom. The molecule has 0 saturated carbocycles. The lowest BCUT2D eigenvalue weighted by Gasteiger charge is -2.15. The molecule has 28 heavy (non-hydrogen) atoms. The summed E-state index contributed by atoms with van der Waals surface area (Å²) in [5, 5.41) is 5.03. The van der Waals surface area contributed by atoms with Gasteiger partial charge in [0.05, 0.1) is 11.3 Å². The second-order valence-electron chi connectivity index (χ2n) is 6.39. The molecule has 0 bridgehead atoms. The molecule has 0 aliphatic rings. The molecule has 6 nitrogen and oxygen atoms in total. The molecule has 0 spiro atoms. The van der Waals surface area contributed by atoms with Gasteiger partial charge in [-0.2, -0.15) is 0 Å². The molecule has 3 rings (SSSR count). The first-order chi connectivity index (χ1) is 13.4. The maximum Gasteiger partial charge on any atom is 0.338 e. The number of nitrogens with zero attached hydrogens (tertiary/aromatic N) is 2. The number of rotatable bonds is 6. The highest BCUT2D eigenvalue weighted by atomic mass is 32.1. The molecule has 2 aromatic carbocycles. The van der Waals surface area contributed by atoms with Crippen LogP contribution in [0.25, 0.3) is 11.3 Å². The van der Waals surface area contributed by atoms with Crippen molar-refractivity contribution in [1.82, 2.24) is 4.98 Å². The van der Waals surface area contributed by atoms with Crippen LogP contribution in [-0.2, 0) is 9.53 Å². The summed E-state index contributed by atoms with van der Waals surface area (Å²) in [5.74, 6) is -0.971. The summed E-state index contributed by atoms with van der Waals surface area (Å²) in [7, 11) is 3.77. The van der Waals surface area contributed by atoms with Gasteiger partial charge in [0.15, 0.2) is 11.2 Å². The zero-order valence-corrected chi connectivity index (χ0v) is 16.7. The maximum atomic E-state index is 12.4. The Morgan fingerprint density at radius 3 is 2.57 bits per heavy atom. The molecule has 1 unspecified atom stereocenters. The monoisotopic (exact) mass is 395 g/mol. The summed E-state index contributed by atoms with van der Waals surface area (Å²) in [5.41, 5.74) is 3.03.